The van der Waals surface area contributed by atoms with Gasteiger partial charge in [-0.05, 0) is 38.0 Å². The van der Waals surface area contributed by atoms with Crippen molar-refractivity contribution >= 4 is 0 Å². The molecule has 20 heavy (non-hydrogen) atoms. The molecule has 0 radical (unpaired) electrons. The van der Waals surface area contributed by atoms with Crippen LogP contribution in [0, 0.1) is 11.8 Å². The summed E-state index contributed by atoms with van der Waals surface area (Å²) in [7, 11) is 0. The van der Waals surface area contributed by atoms with E-state index in [0.29, 0.717) is 0 Å². The molecule has 1 aliphatic carbocycles. The third kappa shape index (κ3) is 4.60. The molecule has 116 valence electrons. The Kier molecular flexibility index (Phi) is 6.57. The lowest BCUT2D eigenvalue weighted by Crippen LogP contribution is -2.59. The summed E-state index contributed by atoms with van der Waals surface area (Å²) < 4.78 is 0. The van der Waals surface area contributed by atoms with Gasteiger partial charge in [-0.2, -0.15) is 0 Å². The average molecular weight is 278 g/mol. The Morgan fingerprint density at radius 1 is 1.20 bits per heavy atom. The van der Waals surface area contributed by atoms with Crippen LogP contribution in [0.5, 0.6) is 0 Å². The van der Waals surface area contributed by atoms with E-state index in [1.807, 2.05) is 0 Å². The van der Waals surface area contributed by atoms with Crippen molar-refractivity contribution in [3.05, 3.63) is 12.2 Å². The number of piperazine rings is 1. The van der Waals surface area contributed by atoms with Gasteiger partial charge in [0.15, 0.2) is 0 Å². The molecule has 1 heterocycles. The normalized spacial score (nSPS) is 30.4. The number of hydrogen-bond donors (Lipinski definition) is 1. The van der Waals surface area contributed by atoms with E-state index < -0.39 is 0 Å². The van der Waals surface area contributed by atoms with Crippen LogP contribution in [-0.4, -0.2) is 36.6 Å². The number of hydrogen-bond acceptors (Lipinski definition) is 2. The standard InChI is InChI=1S/C18H34N2/c1-4-5-11-20-14-18(16-9-7-6-8-10-16)19-13-17(20)12-15(2)3/h4-5,15-19H,6-14H2,1-3H3/b5-4+. The molecule has 1 N–H and O–H groups in total. The second kappa shape index (κ2) is 8.19. The third-order valence-electron chi connectivity index (χ3n) is 5.10. The van der Waals surface area contributed by atoms with Crippen LogP contribution in [0.4, 0.5) is 0 Å². The van der Waals surface area contributed by atoms with Crippen molar-refractivity contribution in [3.63, 3.8) is 0 Å². The van der Waals surface area contributed by atoms with Gasteiger partial charge in [0, 0.05) is 31.7 Å². The maximum atomic E-state index is 3.88. The first-order valence-corrected chi connectivity index (χ1v) is 8.79. The third-order valence-corrected chi connectivity index (χ3v) is 5.10. The van der Waals surface area contributed by atoms with Gasteiger partial charge in [0.05, 0.1) is 0 Å². The Hall–Kier alpha value is -0.340. The Bertz CT molecular complexity index is 292. The van der Waals surface area contributed by atoms with E-state index in [2.05, 4.69) is 43.1 Å². The number of nitrogens with one attached hydrogen (secondary N) is 1. The highest BCUT2D eigenvalue weighted by atomic mass is 15.2. The summed E-state index contributed by atoms with van der Waals surface area (Å²) >= 11 is 0. The minimum Gasteiger partial charge on any atom is -0.311 e. The van der Waals surface area contributed by atoms with Gasteiger partial charge in [0.1, 0.15) is 0 Å². The van der Waals surface area contributed by atoms with Crippen LogP contribution in [0.3, 0.4) is 0 Å². The van der Waals surface area contributed by atoms with Crippen LogP contribution in [0.2, 0.25) is 0 Å². The smallest absolute Gasteiger partial charge is 0.0227 e. The second-order valence-corrected chi connectivity index (χ2v) is 7.22. The molecule has 2 aliphatic rings. The molecule has 1 aliphatic heterocycles. The molecule has 0 aromatic heterocycles. The zero-order valence-electron chi connectivity index (χ0n) is 13.8. The summed E-state index contributed by atoms with van der Waals surface area (Å²) in [5.41, 5.74) is 0. The summed E-state index contributed by atoms with van der Waals surface area (Å²) in [6, 6.07) is 1.47. The number of allylic oxidation sites excluding steroid dienone is 1. The predicted octanol–water partition coefficient (Wildman–Crippen LogP) is 3.83. The zero-order valence-corrected chi connectivity index (χ0v) is 13.8. The van der Waals surface area contributed by atoms with Crippen molar-refractivity contribution in [1.82, 2.24) is 10.2 Å². The molecule has 2 heteroatoms. The highest BCUT2D eigenvalue weighted by Gasteiger charge is 2.32. The molecule has 2 rings (SSSR count). The first-order valence-electron chi connectivity index (χ1n) is 8.79. The zero-order chi connectivity index (χ0) is 14.4. The Balaban J connectivity index is 1.92. The maximum absolute atomic E-state index is 3.88. The molecule has 2 nitrogen and oxygen atoms in total. The lowest BCUT2D eigenvalue weighted by Gasteiger charge is -2.44. The highest BCUT2D eigenvalue weighted by Crippen LogP contribution is 2.29. The minimum atomic E-state index is 0.728. The van der Waals surface area contributed by atoms with Gasteiger partial charge >= 0.3 is 0 Å². The van der Waals surface area contributed by atoms with E-state index in [0.717, 1.165) is 30.5 Å². The van der Waals surface area contributed by atoms with E-state index in [-0.39, 0.29) is 0 Å². The number of rotatable bonds is 5. The first-order chi connectivity index (χ1) is 9.70. The van der Waals surface area contributed by atoms with Gasteiger partial charge in [0.2, 0.25) is 0 Å². The van der Waals surface area contributed by atoms with Crippen molar-refractivity contribution in [2.45, 2.75) is 71.4 Å². The average Bonchev–Trinajstić information content (AvgIpc) is 2.46. The molecular formula is C18H34N2. The quantitative estimate of drug-likeness (QED) is 0.769. The topological polar surface area (TPSA) is 15.3 Å². The molecule has 1 saturated heterocycles. The Morgan fingerprint density at radius 2 is 1.95 bits per heavy atom. The van der Waals surface area contributed by atoms with Crippen LogP contribution in [0.1, 0.15) is 59.3 Å². The fraction of sp³-hybridized carbons (Fsp3) is 0.889. The molecule has 2 unspecified atom stereocenters. The number of nitrogens with zero attached hydrogens (tertiary/aromatic N) is 1. The summed E-state index contributed by atoms with van der Waals surface area (Å²) in [4.78, 5) is 2.73. The summed E-state index contributed by atoms with van der Waals surface area (Å²) in [6.07, 6.45) is 13.1. The molecule has 2 fully saturated rings. The van der Waals surface area contributed by atoms with Crippen molar-refractivity contribution in [2.75, 3.05) is 19.6 Å². The Labute approximate surface area is 126 Å². The Morgan fingerprint density at radius 3 is 2.60 bits per heavy atom. The molecule has 1 saturated carbocycles. The van der Waals surface area contributed by atoms with E-state index in [1.54, 1.807) is 0 Å². The van der Waals surface area contributed by atoms with Crippen LogP contribution >= 0.6 is 0 Å². The first kappa shape index (κ1) is 16.0. The van der Waals surface area contributed by atoms with E-state index in [4.69, 9.17) is 0 Å². The van der Waals surface area contributed by atoms with Crippen molar-refractivity contribution in [1.29, 1.82) is 0 Å². The maximum Gasteiger partial charge on any atom is 0.0227 e. The van der Waals surface area contributed by atoms with E-state index >= 15 is 0 Å². The summed E-state index contributed by atoms with van der Waals surface area (Å²) in [6.45, 7) is 10.4. The molecule has 0 bridgehead atoms. The molecule has 0 aromatic carbocycles. The van der Waals surface area contributed by atoms with Gasteiger partial charge < -0.3 is 5.32 Å². The van der Waals surface area contributed by atoms with Gasteiger partial charge in [0.25, 0.3) is 0 Å². The molecule has 0 aromatic rings. The van der Waals surface area contributed by atoms with Gasteiger partial charge in [-0.25, -0.2) is 0 Å². The SMILES string of the molecule is C/C=C/CN1CC(C2CCCCC2)NCC1CC(C)C. The van der Waals surface area contributed by atoms with Gasteiger partial charge in [-0.15, -0.1) is 0 Å². The van der Waals surface area contributed by atoms with Crippen LogP contribution in [-0.2, 0) is 0 Å². The van der Waals surface area contributed by atoms with Crippen LogP contribution < -0.4 is 5.32 Å². The van der Waals surface area contributed by atoms with Gasteiger partial charge in [-0.3, -0.25) is 4.90 Å². The van der Waals surface area contributed by atoms with Crippen molar-refractivity contribution in [3.8, 4) is 0 Å². The lowest BCUT2D eigenvalue weighted by molar-refractivity contribution is 0.0949. The minimum absolute atomic E-state index is 0.728. The highest BCUT2D eigenvalue weighted by molar-refractivity contribution is 4.94. The summed E-state index contributed by atoms with van der Waals surface area (Å²) in [5.74, 6) is 1.72. The van der Waals surface area contributed by atoms with Crippen LogP contribution in [0.15, 0.2) is 12.2 Å². The summed E-state index contributed by atoms with van der Waals surface area (Å²) in [5, 5.41) is 3.88. The van der Waals surface area contributed by atoms with Crippen molar-refractivity contribution in [2.24, 2.45) is 11.8 Å². The fourth-order valence-electron chi connectivity index (χ4n) is 3.98. The monoisotopic (exact) mass is 278 g/mol. The van der Waals surface area contributed by atoms with E-state index in [9.17, 15) is 0 Å². The van der Waals surface area contributed by atoms with Crippen LogP contribution in [0.25, 0.3) is 0 Å². The van der Waals surface area contributed by atoms with E-state index in [1.165, 1.54) is 51.6 Å². The van der Waals surface area contributed by atoms with Crippen molar-refractivity contribution < 1.29 is 0 Å². The van der Waals surface area contributed by atoms with Gasteiger partial charge in [-0.1, -0.05) is 45.3 Å². The lowest BCUT2D eigenvalue weighted by atomic mass is 9.82. The largest absolute Gasteiger partial charge is 0.311 e. The molecule has 0 amide bonds. The molecule has 2 atom stereocenters. The molecule has 0 spiro atoms. The fourth-order valence-corrected chi connectivity index (χ4v) is 3.98. The molecular weight excluding hydrogens is 244 g/mol. The second-order valence-electron chi connectivity index (χ2n) is 7.22. The predicted molar refractivity (Wildman–Crippen MR) is 88.0 cm³/mol.